The summed E-state index contributed by atoms with van der Waals surface area (Å²) >= 11 is 0. The van der Waals surface area contributed by atoms with Gasteiger partial charge in [-0.1, -0.05) is 18.2 Å². The van der Waals surface area contributed by atoms with Crippen molar-refractivity contribution in [3.05, 3.63) is 54.9 Å². The van der Waals surface area contributed by atoms with Gasteiger partial charge in [0.25, 0.3) is 0 Å². The van der Waals surface area contributed by atoms with Gasteiger partial charge in [0.05, 0.1) is 10.6 Å². The Hall–Kier alpha value is -2.21. The van der Waals surface area contributed by atoms with Crippen LogP contribution in [-0.4, -0.2) is 25.1 Å². The van der Waals surface area contributed by atoms with Crippen LogP contribution < -0.4 is 5.32 Å². The highest BCUT2D eigenvalue weighted by molar-refractivity contribution is 7.91. The molecule has 0 spiro atoms. The monoisotopic (exact) mass is 290 g/mol. The van der Waals surface area contributed by atoms with E-state index >= 15 is 0 Å². The first-order valence-corrected chi connectivity index (χ1v) is 7.71. The Labute approximate surface area is 117 Å². The van der Waals surface area contributed by atoms with Crippen molar-refractivity contribution in [2.75, 3.05) is 11.1 Å². The molecule has 1 amide bonds. The average Bonchev–Trinajstić information content (AvgIpc) is 2.47. The summed E-state index contributed by atoms with van der Waals surface area (Å²) in [4.78, 5) is 15.8. The second kappa shape index (κ2) is 6.29. The van der Waals surface area contributed by atoms with E-state index in [1.807, 2.05) is 0 Å². The summed E-state index contributed by atoms with van der Waals surface area (Å²) in [6.07, 6.45) is 3.02. The van der Waals surface area contributed by atoms with Crippen LogP contribution in [0.15, 0.2) is 59.8 Å². The number of hydrogen-bond donors (Lipinski definition) is 1. The van der Waals surface area contributed by atoms with Crippen LogP contribution in [0.25, 0.3) is 0 Å². The third-order valence-corrected chi connectivity index (χ3v) is 4.40. The van der Waals surface area contributed by atoms with E-state index in [2.05, 4.69) is 10.3 Å². The number of carbonyl (C=O) groups excluding carboxylic acids is 1. The summed E-state index contributed by atoms with van der Waals surface area (Å²) < 4.78 is 24.0. The maximum atomic E-state index is 12.0. The highest BCUT2D eigenvalue weighted by atomic mass is 32.2. The molecular formula is C14H14N2O3S. The van der Waals surface area contributed by atoms with E-state index in [0.717, 1.165) is 0 Å². The Morgan fingerprint density at radius 1 is 1.05 bits per heavy atom. The van der Waals surface area contributed by atoms with E-state index < -0.39 is 9.84 Å². The lowest BCUT2D eigenvalue weighted by molar-refractivity contribution is -0.115. The smallest absolute Gasteiger partial charge is 0.225 e. The van der Waals surface area contributed by atoms with Gasteiger partial charge in [0.15, 0.2) is 9.84 Å². The number of nitrogens with one attached hydrogen (secondary N) is 1. The highest BCUT2D eigenvalue weighted by Crippen LogP contribution is 2.12. The molecule has 1 aromatic heterocycles. The first-order valence-electron chi connectivity index (χ1n) is 6.05. The molecular weight excluding hydrogens is 276 g/mol. The number of aromatic nitrogens is 1. The van der Waals surface area contributed by atoms with Crippen molar-refractivity contribution in [3.8, 4) is 0 Å². The Kier molecular flexibility index (Phi) is 4.47. The van der Waals surface area contributed by atoms with Crippen LogP contribution in [0, 0.1) is 0 Å². The SMILES string of the molecule is O=C(CCS(=O)(=O)c1ccccc1)Nc1ccncc1. The van der Waals surface area contributed by atoms with Crippen LogP contribution in [0.1, 0.15) is 6.42 Å². The number of rotatable bonds is 5. The molecule has 0 fully saturated rings. The van der Waals surface area contributed by atoms with Crippen molar-refractivity contribution in [2.45, 2.75) is 11.3 Å². The fourth-order valence-electron chi connectivity index (χ4n) is 1.63. The predicted octanol–water partition coefficient (Wildman–Crippen LogP) is 1.88. The number of hydrogen-bond acceptors (Lipinski definition) is 4. The van der Waals surface area contributed by atoms with E-state index in [-0.39, 0.29) is 23.0 Å². The molecule has 1 aromatic carbocycles. The second-order valence-corrected chi connectivity index (χ2v) is 6.28. The molecule has 0 bridgehead atoms. The first-order chi connectivity index (χ1) is 9.58. The predicted molar refractivity (Wildman–Crippen MR) is 76.0 cm³/mol. The van der Waals surface area contributed by atoms with Crippen molar-refractivity contribution >= 4 is 21.4 Å². The van der Waals surface area contributed by atoms with Gasteiger partial charge < -0.3 is 5.32 Å². The number of carbonyl (C=O) groups is 1. The van der Waals surface area contributed by atoms with Crippen LogP contribution in [-0.2, 0) is 14.6 Å². The zero-order chi connectivity index (χ0) is 14.4. The Morgan fingerprint density at radius 3 is 2.35 bits per heavy atom. The van der Waals surface area contributed by atoms with E-state index in [1.165, 1.54) is 12.1 Å². The molecule has 2 aromatic rings. The number of nitrogens with zero attached hydrogens (tertiary/aromatic N) is 1. The minimum Gasteiger partial charge on any atom is -0.326 e. The van der Waals surface area contributed by atoms with Crippen molar-refractivity contribution in [3.63, 3.8) is 0 Å². The quantitative estimate of drug-likeness (QED) is 0.912. The molecule has 0 unspecified atom stereocenters. The maximum Gasteiger partial charge on any atom is 0.225 e. The molecule has 0 atom stereocenters. The molecule has 1 heterocycles. The summed E-state index contributed by atoms with van der Waals surface area (Å²) in [5.74, 6) is -0.552. The van der Waals surface area contributed by atoms with E-state index in [0.29, 0.717) is 5.69 Å². The molecule has 6 heteroatoms. The van der Waals surface area contributed by atoms with Gasteiger partial charge in [0, 0.05) is 24.5 Å². The van der Waals surface area contributed by atoms with Crippen molar-refractivity contribution in [2.24, 2.45) is 0 Å². The van der Waals surface area contributed by atoms with Crippen molar-refractivity contribution in [1.82, 2.24) is 4.98 Å². The van der Waals surface area contributed by atoms with Crippen LogP contribution in [0.4, 0.5) is 5.69 Å². The fourth-order valence-corrected chi connectivity index (χ4v) is 2.89. The lowest BCUT2D eigenvalue weighted by Gasteiger charge is -2.06. The van der Waals surface area contributed by atoms with Gasteiger partial charge in [-0.2, -0.15) is 0 Å². The summed E-state index contributed by atoms with van der Waals surface area (Å²) in [6, 6.07) is 11.4. The lowest BCUT2D eigenvalue weighted by atomic mass is 10.4. The van der Waals surface area contributed by atoms with Crippen LogP contribution in [0.3, 0.4) is 0 Å². The number of amides is 1. The molecule has 0 radical (unpaired) electrons. The summed E-state index contributed by atoms with van der Waals surface area (Å²) in [7, 11) is -3.42. The first kappa shape index (κ1) is 14.2. The van der Waals surface area contributed by atoms with Gasteiger partial charge in [-0.3, -0.25) is 9.78 Å². The molecule has 1 N–H and O–H groups in total. The normalized spacial score (nSPS) is 11.0. The van der Waals surface area contributed by atoms with E-state index in [4.69, 9.17) is 0 Å². The Bertz CT molecular complexity index is 670. The van der Waals surface area contributed by atoms with Crippen LogP contribution in [0.5, 0.6) is 0 Å². The average molecular weight is 290 g/mol. The number of benzene rings is 1. The van der Waals surface area contributed by atoms with Gasteiger partial charge in [-0.15, -0.1) is 0 Å². The topological polar surface area (TPSA) is 76.1 Å². The molecule has 0 aliphatic carbocycles. The van der Waals surface area contributed by atoms with Gasteiger partial charge in [-0.05, 0) is 24.3 Å². The highest BCUT2D eigenvalue weighted by Gasteiger charge is 2.15. The number of pyridine rings is 1. The Morgan fingerprint density at radius 2 is 1.70 bits per heavy atom. The summed E-state index contributed by atoms with van der Waals surface area (Å²) in [5, 5.41) is 2.62. The summed E-state index contributed by atoms with van der Waals surface area (Å²) in [6.45, 7) is 0. The largest absolute Gasteiger partial charge is 0.326 e. The minimum absolute atomic E-state index is 0.0838. The molecule has 0 saturated heterocycles. The van der Waals surface area contributed by atoms with Gasteiger partial charge in [0.2, 0.25) is 5.91 Å². The molecule has 104 valence electrons. The molecule has 2 rings (SSSR count). The minimum atomic E-state index is -3.42. The van der Waals surface area contributed by atoms with Crippen LogP contribution in [0.2, 0.25) is 0 Å². The molecule has 5 nitrogen and oxygen atoms in total. The van der Waals surface area contributed by atoms with Crippen LogP contribution >= 0.6 is 0 Å². The van der Waals surface area contributed by atoms with E-state index in [1.54, 1.807) is 42.7 Å². The third-order valence-electron chi connectivity index (χ3n) is 2.66. The zero-order valence-electron chi connectivity index (χ0n) is 10.7. The van der Waals surface area contributed by atoms with Crippen molar-refractivity contribution < 1.29 is 13.2 Å². The standard InChI is InChI=1S/C14H14N2O3S/c17-14(16-12-6-9-15-10-7-12)8-11-20(18,19)13-4-2-1-3-5-13/h1-7,9-10H,8,11H2,(H,15,16,17). The summed E-state index contributed by atoms with van der Waals surface area (Å²) in [5.41, 5.74) is 0.599. The Balaban J connectivity index is 1.94. The number of sulfone groups is 1. The fraction of sp³-hybridized carbons (Fsp3) is 0.143. The van der Waals surface area contributed by atoms with E-state index in [9.17, 15) is 13.2 Å². The van der Waals surface area contributed by atoms with Gasteiger partial charge in [-0.25, -0.2) is 8.42 Å². The van der Waals surface area contributed by atoms with Gasteiger partial charge >= 0.3 is 0 Å². The molecule has 0 aliphatic rings. The van der Waals surface area contributed by atoms with Crippen molar-refractivity contribution in [1.29, 1.82) is 0 Å². The number of anilines is 1. The third kappa shape index (κ3) is 3.89. The zero-order valence-corrected chi connectivity index (χ0v) is 11.5. The molecule has 20 heavy (non-hydrogen) atoms. The van der Waals surface area contributed by atoms with Gasteiger partial charge in [0.1, 0.15) is 0 Å². The second-order valence-electron chi connectivity index (χ2n) is 4.17. The molecule has 0 saturated carbocycles. The molecule has 0 aliphatic heterocycles. The maximum absolute atomic E-state index is 12.0. The lowest BCUT2D eigenvalue weighted by Crippen LogP contribution is -2.17.